The van der Waals surface area contributed by atoms with E-state index >= 15 is 0 Å². The molecule has 0 aromatic rings. The molecule has 0 aromatic carbocycles. The Morgan fingerprint density at radius 1 is 1.27 bits per heavy atom. The quantitative estimate of drug-likeness (QED) is 0.691. The number of carbonyl (C=O) groups excluding carboxylic acids is 1. The van der Waals surface area contributed by atoms with Crippen molar-refractivity contribution in [3.8, 4) is 0 Å². The largest absolute Gasteiger partial charge is 0.389 e. The molecule has 0 amide bonds. The van der Waals surface area contributed by atoms with Gasteiger partial charge in [0.2, 0.25) is 0 Å². The number of fused-ring (bicyclic) bond motifs is 2. The van der Waals surface area contributed by atoms with Gasteiger partial charge in [-0.3, -0.25) is 4.79 Å². The van der Waals surface area contributed by atoms with Gasteiger partial charge in [-0.05, 0) is 31.7 Å². The van der Waals surface area contributed by atoms with Gasteiger partial charge in [-0.15, -0.1) is 11.6 Å². The molecule has 0 aromatic heterocycles. The number of rotatable bonds is 2. The SMILES string of the molecule is COC1CC(OC)C2C(=O)[C@@]3(OC2C1Cl)C(O)C1CCCNC1C[C@H]3C. The number of methoxy groups -OCH3 is 2. The summed E-state index contributed by atoms with van der Waals surface area (Å²) >= 11 is 6.65. The second-order valence-corrected chi connectivity index (χ2v) is 8.95. The summed E-state index contributed by atoms with van der Waals surface area (Å²) in [6, 6.07) is 0.246. The van der Waals surface area contributed by atoms with Gasteiger partial charge in [0.1, 0.15) is 0 Å². The number of ether oxygens (including phenoxy) is 3. The van der Waals surface area contributed by atoms with E-state index in [1.165, 1.54) is 0 Å². The van der Waals surface area contributed by atoms with Crippen molar-refractivity contribution in [3.05, 3.63) is 0 Å². The normalized spacial score (nSPS) is 54.2. The van der Waals surface area contributed by atoms with E-state index in [1.54, 1.807) is 14.2 Å². The Balaban J connectivity index is 1.70. The summed E-state index contributed by atoms with van der Waals surface area (Å²) in [5, 5.41) is 14.4. The fraction of sp³-hybridized carbons (Fsp3) is 0.947. The Bertz CT molecular complexity index is 562. The second-order valence-electron chi connectivity index (χ2n) is 8.44. The number of carbonyl (C=O) groups is 1. The molecule has 10 atom stereocenters. The van der Waals surface area contributed by atoms with Crippen LogP contribution in [0.15, 0.2) is 0 Å². The number of ketones is 1. The molecule has 7 heteroatoms. The fourth-order valence-electron chi connectivity index (χ4n) is 5.95. The van der Waals surface area contributed by atoms with E-state index in [0.29, 0.717) is 6.42 Å². The van der Waals surface area contributed by atoms with Crippen molar-refractivity contribution in [1.29, 1.82) is 0 Å². The first kappa shape index (κ1) is 19.1. The average molecular weight is 388 g/mol. The fourth-order valence-corrected chi connectivity index (χ4v) is 6.36. The van der Waals surface area contributed by atoms with Crippen molar-refractivity contribution in [3.63, 3.8) is 0 Å². The highest BCUT2D eigenvalue weighted by molar-refractivity contribution is 6.22. The maximum atomic E-state index is 13.6. The standard InChI is InChI=1S/C19H30ClNO5/c1-9-7-11-10(5-4-6-21-11)17(22)19(9)18(23)14-12(24-2)8-13(25-3)15(20)16(14)26-19/h9-17,21-22H,4-8H2,1-3H3/t9-,10?,11?,12?,13?,14?,15?,16?,17?,19+/m1/s1. The number of alkyl halides is 1. The maximum Gasteiger partial charge on any atom is 0.175 e. The number of aliphatic hydroxyl groups is 1. The predicted molar refractivity (Wildman–Crippen MR) is 96.3 cm³/mol. The third kappa shape index (κ3) is 2.53. The highest BCUT2D eigenvalue weighted by Crippen LogP contribution is 2.53. The Kier molecular flexibility index (Phi) is 5.12. The van der Waals surface area contributed by atoms with Gasteiger partial charge in [-0.2, -0.15) is 0 Å². The van der Waals surface area contributed by atoms with Crippen molar-refractivity contribution < 1.29 is 24.1 Å². The first-order valence-electron chi connectivity index (χ1n) is 9.79. The van der Waals surface area contributed by atoms with E-state index < -0.39 is 29.1 Å². The Morgan fingerprint density at radius 2 is 2.00 bits per heavy atom. The first-order chi connectivity index (χ1) is 12.5. The molecule has 26 heavy (non-hydrogen) atoms. The molecule has 4 aliphatic rings. The zero-order chi connectivity index (χ0) is 18.6. The number of halogens is 1. The van der Waals surface area contributed by atoms with Crippen LogP contribution in [0.5, 0.6) is 0 Å². The van der Waals surface area contributed by atoms with Crippen LogP contribution in [0.3, 0.4) is 0 Å². The molecule has 4 rings (SSSR count). The molecule has 2 heterocycles. The van der Waals surface area contributed by atoms with Crippen LogP contribution in [0.25, 0.3) is 0 Å². The third-order valence-corrected chi connectivity index (χ3v) is 7.86. The Hall–Kier alpha value is -0.240. The lowest BCUT2D eigenvalue weighted by atomic mass is 9.62. The van der Waals surface area contributed by atoms with Crippen LogP contribution in [0.1, 0.15) is 32.6 Å². The molecule has 0 bridgehead atoms. The summed E-state index contributed by atoms with van der Waals surface area (Å²) in [5.41, 5.74) is -1.18. The van der Waals surface area contributed by atoms with Gasteiger partial charge in [0.25, 0.3) is 0 Å². The minimum atomic E-state index is -1.18. The van der Waals surface area contributed by atoms with Gasteiger partial charge < -0.3 is 24.6 Å². The van der Waals surface area contributed by atoms with Gasteiger partial charge in [-0.25, -0.2) is 0 Å². The number of Topliss-reactive ketones (excluding diaryl/α,β-unsaturated/α-hetero) is 1. The second kappa shape index (κ2) is 6.98. The van der Waals surface area contributed by atoms with Gasteiger partial charge >= 0.3 is 0 Å². The van der Waals surface area contributed by atoms with E-state index in [2.05, 4.69) is 5.32 Å². The first-order valence-corrected chi connectivity index (χ1v) is 10.2. The lowest BCUT2D eigenvalue weighted by Crippen LogP contribution is -2.66. The summed E-state index contributed by atoms with van der Waals surface area (Å²) in [4.78, 5) is 13.6. The highest BCUT2D eigenvalue weighted by Gasteiger charge is 2.69. The molecule has 2 aliphatic carbocycles. The lowest BCUT2D eigenvalue weighted by molar-refractivity contribution is -0.198. The van der Waals surface area contributed by atoms with E-state index in [1.807, 2.05) is 6.92 Å². The van der Waals surface area contributed by atoms with Crippen LogP contribution in [0.2, 0.25) is 0 Å². The highest BCUT2D eigenvalue weighted by atomic mass is 35.5. The Morgan fingerprint density at radius 3 is 2.69 bits per heavy atom. The van der Waals surface area contributed by atoms with Gasteiger partial charge in [-0.1, -0.05) is 6.92 Å². The van der Waals surface area contributed by atoms with Crippen molar-refractivity contribution in [2.75, 3.05) is 20.8 Å². The van der Waals surface area contributed by atoms with Crippen molar-refractivity contribution in [1.82, 2.24) is 5.32 Å². The number of hydrogen-bond donors (Lipinski definition) is 2. The third-order valence-electron chi connectivity index (χ3n) is 7.33. The molecule has 2 N–H and O–H groups in total. The van der Waals surface area contributed by atoms with E-state index in [4.69, 9.17) is 25.8 Å². The minimum absolute atomic E-state index is 0.0291. The molecule has 2 saturated carbocycles. The molecular formula is C19H30ClNO5. The van der Waals surface area contributed by atoms with Crippen molar-refractivity contribution in [2.45, 2.75) is 74.0 Å². The van der Waals surface area contributed by atoms with Crippen molar-refractivity contribution in [2.24, 2.45) is 17.8 Å². The smallest absolute Gasteiger partial charge is 0.175 e. The monoisotopic (exact) mass is 387 g/mol. The average Bonchev–Trinajstić information content (AvgIpc) is 2.96. The van der Waals surface area contributed by atoms with Crippen molar-refractivity contribution >= 4 is 17.4 Å². The summed E-state index contributed by atoms with van der Waals surface area (Å²) in [6.45, 7) is 2.99. The molecule has 148 valence electrons. The minimum Gasteiger partial charge on any atom is -0.389 e. The molecule has 8 unspecified atom stereocenters. The van der Waals surface area contributed by atoms with Crippen LogP contribution in [0, 0.1) is 17.8 Å². The molecule has 1 spiro atoms. The van der Waals surface area contributed by atoms with Crippen LogP contribution >= 0.6 is 11.6 Å². The molecule has 2 aliphatic heterocycles. The van der Waals surface area contributed by atoms with Gasteiger partial charge in [0.05, 0.1) is 35.7 Å². The van der Waals surface area contributed by atoms with Crippen LogP contribution in [-0.2, 0) is 19.0 Å². The molecule has 4 fully saturated rings. The van der Waals surface area contributed by atoms with Gasteiger partial charge in [0, 0.05) is 32.6 Å². The number of piperidine rings is 1. The van der Waals surface area contributed by atoms with Crippen LogP contribution in [-0.4, -0.2) is 73.1 Å². The summed E-state index contributed by atoms with van der Waals surface area (Å²) in [7, 11) is 3.24. The summed E-state index contributed by atoms with van der Waals surface area (Å²) in [6.07, 6.45) is 1.48. The topological polar surface area (TPSA) is 77.0 Å². The zero-order valence-electron chi connectivity index (χ0n) is 15.7. The molecule has 0 radical (unpaired) electrons. The molecular weight excluding hydrogens is 358 g/mol. The van der Waals surface area contributed by atoms with E-state index in [9.17, 15) is 9.90 Å². The summed E-state index contributed by atoms with van der Waals surface area (Å²) < 4.78 is 17.6. The van der Waals surface area contributed by atoms with E-state index in [-0.39, 0.29) is 35.9 Å². The van der Waals surface area contributed by atoms with Gasteiger partial charge in [0.15, 0.2) is 11.4 Å². The number of aliphatic hydroxyl groups excluding tert-OH is 1. The van der Waals surface area contributed by atoms with Crippen LogP contribution in [0.4, 0.5) is 0 Å². The molecule has 2 saturated heterocycles. The summed E-state index contributed by atoms with van der Waals surface area (Å²) in [5.74, 6) is -0.514. The maximum absolute atomic E-state index is 13.6. The lowest BCUT2D eigenvalue weighted by Gasteiger charge is -2.51. The number of hydrogen-bond acceptors (Lipinski definition) is 6. The number of nitrogens with one attached hydrogen (secondary N) is 1. The van der Waals surface area contributed by atoms with E-state index in [0.717, 1.165) is 25.8 Å². The zero-order valence-corrected chi connectivity index (χ0v) is 16.4. The predicted octanol–water partition coefficient (Wildman–Crippen LogP) is 1.12. The molecule has 6 nitrogen and oxygen atoms in total. The van der Waals surface area contributed by atoms with Crippen LogP contribution < -0.4 is 5.32 Å². The Labute approximate surface area is 159 Å².